The number of ether oxygens (including phenoxy) is 2. The van der Waals surface area contributed by atoms with Crippen LogP contribution in [0.1, 0.15) is 23.7 Å². The third-order valence-electron chi connectivity index (χ3n) is 3.94. The van der Waals surface area contributed by atoms with E-state index in [1.54, 1.807) is 37.0 Å². The molecule has 0 aliphatic carbocycles. The molecule has 3 aromatic rings. The number of aryl methyl sites for hydroxylation is 1. The summed E-state index contributed by atoms with van der Waals surface area (Å²) >= 11 is 3.46. The third-order valence-corrected chi connectivity index (χ3v) is 4.53. The number of aromatic nitrogens is 4. The number of hydrogen-bond donors (Lipinski definition) is 1. The van der Waals surface area contributed by atoms with Crippen molar-refractivity contribution in [1.29, 1.82) is 0 Å². The predicted molar refractivity (Wildman–Crippen MR) is 109 cm³/mol. The molecular weight excluding hydrogens is 426 g/mol. The number of hydrogen-bond acceptors (Lipinski definition) is 6. The van der Waals surface area contributed by atoms with E-state index in [-0.39, 0.29) is 5.91 Å². The number of methoxy groups -OCH3 is 1. The molecule has 0 saturated heterocycles. The predicted octanol–water partition coefficient (Wildman–Crippen LogP) is 3.69. The monoisotopic (exact) mass is 445 g/mol. The number of tetrazole rings is 1. The summed E-state index contributed by atoms with van der Waals surface area (Å²) in [4.78, 5) is 12.8. The first-order chi connectivity index (χ1) is 13.5. The van der Waals surface area contributed by atoms with Crippen LogP contribution < -0.4 is 14.8 Å². The molecule has 0 bridgehead atoms. The van der Waals surface area contributed by atoms with Crippen molar-refractivity contribution in [1.82, 2.24) is 20.2 Å². The number of carbonyl (C=O) groups excluding carboxylic acids is 1. The van der Waals surface area contributed by atoms with E-state index in [4.69, 9.17) is 9.47 Å². The lowest BCUT2D eigenvalue weighted by Gasteiger charge is -2.14. The highest BCUT2D eigenvalue weighted by molar-refractivity contribution is 9.10. The van der Waals surface area contributed by atoms with E-state index in [1.165, 1.54) is 0 Å². The van der Waals surface area contributed by atoms with Crippen LogP contribution >= 0.6 is 15.9 Å². The Morgan fingerprint density at radius 1 is 1.29 bits per heavy atom. The van der Waals surface area contributed by atoms with E-state index < -0.39 is 0 Å². The van der Waals surface area contributed by atoms with Crippen molar-refractivity contribution >= 4 is 27.5 Å². The molecular formula is C19H20BrN5O3. The van der Waals surface area contributed by atoms with Crippen LogP contribution in [0, 0.1) is 0 Å². The summed E-state index contributed by atoms with van der Waals surface area (Å²) in [7, 11) is 3.30. The zero-order valence-electron chi connectivity index (χ0n) is 15.8. The Morgan fingerprint density at radius 3 is 2.79 bits per heavy atom. The molecule has 9 heteroatoms. The zero-order valence-corrected chi connectivity index (χ0v) is 17.4. The Morgan fingerprint density at radius 2 is 2.11 bits per heavy atom. The van der Waals surface area contributed by atoms with Gasteiger partial charge in [0, 0.05) is 23.9 Å². The summed E-state index contributed by atoms with van der Waals surface area (Å²) in [6, 6.07) is 10.7. The average Bonchev–Trinajstić information content (AvgIpc) is 3.12. The first-order valence-corrected chi connectivity index (χ1v) is 9.47. The maximum atomic E-state index is 12.8. The molecule has 0 aliphatic heterocycles. The molecule has 1 amide bonds. The Kier molecular flexibility index (Phi) is 6.25. The van der Waals surface area contributed by atoms with Gasteiger partial charge in [-0.15, -0.1) is 5.10 Å². The summed E-state index contributed by atoms with van der Waals surface area (Å²) < 4.78 is 13.3. The van der Waals surface area contributed by atoms with Crippen LogP contribution in [0.4, 0.5) is 5.69 Å². The van der Waals surface area contributed by atoms with Crippen molar-refractivity contribution in [3.63, 3.8) is 0 Å². The second-order valence-electron chi connectivity index (χ2n) is 6.00. The lowest BCUT2D eigenvalue weighted by molar-refractivity contribution is 0.102. The van der Waals surface area contributed by atoms with Gasteiger partial charge >= 0.3 is 0 Å². The summed E-state index contributed by atoms with van der Waals surface area (Å²) in [6.07, 6.45) is 0.870. The van der Waals surface area contributed by atoms with Crippen molar-refractivity contribution in [2.45, 2.75) is 13.3 Å². The number of carbonyl (C=O) groups is 1. The number of halogens is 1. The van der Waals surface area contributed by atoms with Gasteiger partial charge in [-0.2, -0.15) is 0 Å². The number of rotatable bonds is 7. The average molecular weight is 446 g/mol. The number of nitrogens with zero attached hydrogens (tertiary/aromatic N) is 4. The number of anilines is 1. The standard InChI is InChI=1S/C19H20BrN5O3/c1-4-8-28-17-15(20)10-13(11-16(17)27-3)19(26)21-14-7-5-6-12(9-14)18-22-23-24-25(18)2/h5-7,9-11H,4,8H2,1-3H3,(H,21,26). The Hall–Kier alpha value is -2.94. The zero-order chi connectivity index (χ0) is 20.1. The van der Waals surface area contributed by atoms with Crippen LogP contribution in [-0.4, -0.2) is 39.8 Å². The van der Waals surface area contributed by atoms with Crippen molar-refractivity contribution in [2.24, 2.45) is 7.05 Å². The SMILES string of the molecule is CCCOc1c(Br)cc(C(=O)Nc2cccc(-c3nnnn3C)c2)cc1OC. The fourth-order valence-electron chi connectivity index (χ4n) is 2.61. The quantitative estimate of drug-likeness (QED) is 0.596. The molecule has 28 heavy (non-hydrogen) atoms. The minimum absolute atomic E-state index is 0.269. The minimum Gasteiger partial charge on any atom is -0.493 e. The molecule has 146 valence electrons. The smallest absolute Gasteiger partial charge is 0.255 e. The fraction of sp³-hybridized carbons (Fsp3) is 0.263. The molecule has 3 rings (SSSR count). The largest absolute Gasteiger partial charge is 0.493 e. The second-order valence-corrected chi connectivity index (χ2v) is 6.85. The highest BCUT2D eigenvalue weighted by Gasteiger charge is 2.16. The normalized spacial score (nSPS) is 10.6. The van der Waals surface area contributed by atoms with Crippen LogP contribution in [0.15, 0.2) is 40.9 Å². The van der Waals surface area contributed by atoms with Crippen molar-refractivity contribution in [2.75, 3.05) is 19.0 Å². The van der Waals surface area contributed by atoms with Gasteiger partial charge in [-0.05, 0) is 57.0 Å². The van der Waals surface area contributed by atoms with Crippen LogP contribution in [0.5, 0.6) is 11.5 Å². The van der Waals surface area contributed by atoms with Gasteiger partial charge in [0.15, 0.2) is 17.3 Å². The van der Waals surface area contributed by atoms with Gasteiger partial charge in [0.2, 0.25) is 0 Å². The van der Waals surface area contributed by atoms with Crippen LogP contribution in [-0.2, 0) is 7.05 Å². The van der Waals surface area contributed by atoms with Gasteiger partial charge in [-0.25, -0.2) is 4.68 Å². The Balaban J connectivity index is 1.83. The van der Waals surface area contributed by atoms with Gasteiger partial charge in [-0.3, -0.25) is 4.79 Å². The number of benzene rings is 2. The lowest BCUT2D eigenvalue weighted by Crippen LogP contribution is -2.12. The van der Waals surface area contributed by atoms with Gasteiger partial charge in [0.25, 0.3) is 5.91 Å². The Labute approximate surface area is 171 Å². The molecule has 0 saturated carbocycles. The van der Waals surface area contributed by atoms with E-state index in [0.29, 0.717) is 39.7 Å². The topological polar surface area (TPSA) is 91.2 Å². The minimum atomic E-state index is -0.269. The number of nitrogens with one attached hydrogen (secondary N) is 1. The van der Waals surface area contributed by atoms with E-state index in [1.807, 2.05) is 25.1 Å². The van der Waals surface area contributed by atoms with Gasteiger partial charge < -0.3 is 14.8 Å². The maximum absolute atomic E-state index is 12.8. The third kappa shape index (κ3) is 4.30. The molecule has 0 spiro atoms. The van der Waals surface area contributed by atoms with Crippen LogP contribution in [0.25, 0.3) is 11.4 Å². The van der Waals surface area contributed by atoms with Gasteiger partial charge in [0.1, 0.15) is 0 Å². The molecule has 0 atom stereocenters. The van der Waals surface area contributed by atoms with Gasteiger partial charge in [-0.1, -0.05) is 19.1 Å². The molecule has 1 aromatic heterocycles. The van der Waals surface area contributed by atoms with Crippen molar-refractivity contribution in [3.8, 4) is 22.9 Å². The van der Waals surface area contributed by atoms with Crippen molar-refractivity contribution < 1.29 is 14.3 Å². The lowest BCUT2D eigenvalue weighted by atomic mass is 10.1. The molecule has 1 N–H and O–H groups in total. The maximum Gasteiger partial charge on any atom is 0.255 e. The summed E-state index contributed by atoms with van der Waals surface area (Å²) in [5.41, 5.74) is 1.87. The molecule has 1 heterocycles. The molecule has 2 aromatic carbocycles. The summed E-state index contributed by atoms with van der Waals surface area (Å²) in [6.45, 7) is 2.58. The van der Waals surface area contributed by atoms with E-state index >= 15 is 0 Å². The highest BCUT2D eigenvalue weighted by atomic mass is 79.9. The molecule has 0 unspecified atom stereocenters. The van der Waals surface area contributed by atoms with E-state index in [2.05, 4.69) is 36.8 Å². The molecule has 8 nitrogen and oxygen atoms in total. The molecule has 0 radical (unpaired) electrons. The first-order valence-electron chi connectivity index (χ1n) is 8.68. The molecule has 0 fully saturated rings. The van der Waals surface area contributed by atoms with E-state index in [9.17, 15) is 4.79 Å². The molecule has 0 aliphatic rings. The summed E-state index contributed by atoms with van der Waals surface area (Å²) in [5, 5.41) is 14.3. The first kappa shape index (κ1) is 19.8. The van der Waals surface area contributed by atoms with Gasteiger partial charge in [0.05, 0.1) is 18.2 Å². The highest BCUT2D eigenvalue weighted by Crippen LogP contribution is 2.37. The Bertz CT molecular complexity index is 989. The summed E-state index contributed by atoms with van der Waals surface area (Å²) in [5.74, 6) is 1.41. The van der Waals surface area contributed by atoms with Crippen LogP contribution in [0.2, 0.25) is 0 Å². The van der Waals surface area contributed by atoms with E-state index in [0.717, 1.165) is 12.0 Å². The van der Waals surface area contributed by atoms with Crippen molar-refractivity contribution in [3.05, 3.63) is 46.4 Å². The second kappa shape index (κ2) is 8.83. The number of amides is 1. The fourth-order valence-corrected chi connectivity index (χ4v) is 3.16. The van der Waals surface area contributed by atoms with Crippen LogP contribution in [0.3, 0.4) is 0 Å².